The molecule has 104 valence electrons. The summed E-state index contributed by atoms with van der Waals surface area (Å²) in [5.41, 5.74) is 1.17. The molecule has 0 fully saturated rings. The minimum atomic E-state index is -0.450. The van der Waals surface area contributed by atoms with Crippen LogP contribution in [0.3, 0.4) is 0 Å². The van der Waals surface area contributed by atoms with Crippen molar-refractivity contribution in [2.45, 2.75) is 13.0 Å². The first-order valence-corrected chi connectivity index (χ1v) is 6.04. The molecule has 6 nitrogen and oxygen atoms in total. The third-order valence-electron chi connectivity index (χ3n) is 3.23. The lowest BCUT2D eigenvalue weighted by molar-refractivity contribution is -0.384. The summed E-state index contributed by atoms with van der Waals surface area (Å²) < 4.78 is 4.89. The van der Waals surface area contributed by atoms with Crippen LogP contribution in [0.25, 0.3) is 0 Å². The van der Waals surface area contributed by atoms with E-state index in [9.17, 15) is 14.9 Å². The molecule has 0 N–H and O–H groups in total. The number of carbonyl (C=O) groups excluding carboxylic acids is 1. The molecule has 0 saturated heterocycles. The molecular formula is C14H14N2O4. The highest BCUT2D eigenvalue weighted by molar-refractivity contribution is 5.93. The van der Waals surface area contributed by atoms with E-state index in [1.165, 1.54) is 29.6 Å². The van der Waals surface area contributed by atoms with Crippen LogP contribution in [0.1, 0.15) is 28.9 Å². The molecule has 1 amide bonds. The van der Waals surface area contributed by atoms with E-state index < -0.39 is 4.92 Å². The monoisotopic (exact) mass is 274 g/mol. The van der Waals surface area contributed by atoms with Crippen molar-refractivity contribution in [2.75, 3.05) is 7.05 Å². The van der Waals surface area contributed by atoms with Gasteiger partial charge in [-0.2, -0.15) is 0 Å². The van der Waals surface area contributed by atoms with Gasteiger partial charge >= 0.3 is 0 Å². The molecule has 1 aromatic carbocycles. The van der Waals surface area contributed by atoms with Gasteiger partial charge in [0.2, 0.25) is 0 Å². The maximum Gasteiger partial charge on any atom is 0.269 e. The molecule has 1 unspecified atom stereocenters. The minimum Gasteiger partial charge on any atom is -0.472 e. The lowest BCUT2D eigenvalue weighted by atomic mass is 10.1. The molecule has 0 bridgehead atoms. The maximum atomic E-state index is 12.2. The Morgan fingerprint density at radius 2 is 2.15 bits per heavy atom. The normalized spacial score (nSPS) is 11.9. The van der Waals surface area contributed by atoms with Gasteiger partial charge in [0.05, 0.1) is 22.8 Å². The molecule has 0 aliphatic rings. The largest absolute Gasteiger partial charge is 0.472 e. The molecule has 2 rings (SSSR count). The Bertz CT molecular complexity index is 622. The predicted molar refractivity (Wildman–Crippen MR) is 72.3 cm³/mol. The van der Waals surface area contributed by atoms with Gasteiger partial charge in [-0.3, -0.25) is 14.9 Å². The van der Waals surface area contributed by atoms with Crippen molar-refractivity contribution in [2.24, 2.45) is 0 Å². The molecule has 1 atom stereocenters. The summed E-state index contributed by atoms with van der Waals surface area (Å²) in [6.07, 6.45) is 2.80. The second-order valence-corrected chi connectivity index (χ2v) is 4.46. The van der Waals surface area contributed by atoms with Gasteiger partial charge < -0.3 is 9.32 Å². The number of benzene rings is 1. The summed E-state index contributed by atoms with van der Waals surface area (Å²) in [5.74, 6) is -0.197. The topological polar surface area (TPSA) is 76.6 Å². The number of amides is 1. The average molecular weight is 274 g/mol. The minimum absolute atomic E-state index is 0.0125. The van der Waals surface area contributed by atoms with Crippen molar-refractivity contribution in [1.82, 2.24) is 4.90 Å². The zero-order valence-corrected chi connectivity index (χ0v) is 11.1. The number of nitro benzene ring substituents is 1. The highest BCUT2D eigenvalue weighted by Crippen LogP contribution is 2.24. The van der Waals surface area contributed by atoms with Gasteiger partial charge in [0.25, 0.3) is 11.6 Å². The van der Waals surface area contributed by atoms with Crippen LogP contribution in [0.4, 0.5) is 5.69 Å². The fourth-order valence-electron chi connectivity index (χ4n) is 1.89. The molecule has 20 heavy (non-hydrogen) atoms. The first-order chi connectivity index (χ1) is 9.50. The quantitative estimate of drug-likeness (QED) is 0.634. The van der Waals surface area contributed by atoms with Gasteiger partial charge in [0, 0.05) is 19.2 Å². The van der Waals surface area contributed by atoms with Crippen LogP contribution in [0.15, 0.2) is 47.3 Å². The van der Waals surface area contributed by atoms with E-state index >= 15 is 0 Å². The summed E-state index contributed by atoms with van der Waals surface area (Å²) in [6, 6.07) is 7.57. The molecular weight excluding hydrogens is 260 g/mol. The number of rotatable bonds is 4. The van der Waals surface area contributed by atoms with Gasteiger partial charge in [-0.1, -0.05) is 12.1 Å². The number of nitrogens with zero attached hydrogens (tertiary/aromatic N) is 2. The van der Waals surface area contributed by atoms with Crippen LogP contribution < -0.4 is 0 Å². The predicted octanol–water partition coefficient (Wildman–Crippen LogP) is 3.02. The Hall–Kier alpha value is -2.63. The van der Waals surface area contributed by atoms with Crippen molar-refractivity contribution < 1.29 is 14.1 Å². The summed E-state index contributed by atoms with van der Waals surface area (Å²) in [6.45, 7) is 1.82. The zero-order chi connectivity index (χ0) is 14.7. The zero-order valence-electron chi connectivity index (χ0n) is 11.1. The Balaban J connectivity index is 2.22. The maximum absolute atomic E-state index is 12.2. The van der Waals surface area contributed by atoms with Crippen LogP contribution in [-0.2, 0) is 0 Å². The summed E-state index contributed by atoms with van der Waals surface area (Å²) in [7, 11) is 1.65. The van der Waals surface area contributed by atoms with E-state index in [4.69, 9.17) is 4.42 Å². The van der Waals surface area contributed by atoms with Crippen LogP contribution in [0.2, 0.25) is 0 Å². The summed E-state index contributed by atoms with van der Waals surface area (Å²) >= 11 is 0. The van der Waals surface area contributed by atoms with Gasteiger partial charge in [0.1, 0.15) is 6.26 Å². The lowest BCUT2D eigenvalue weighted by Crippen LogP contribution is -2.29. The Labute approximate surface area is 115 Å². The molecule has 0 spiro atoms. The second kappa shape index (κ2) is 5.56. The van der Waals surface area contributed by atoms with E-state index in [0.717, 1.165) is 0 Å². The number of non-ortho nitro benzene ring substituents is 1. The second-order valence-electron chi connectivity index (χ2n) is 4.46. The number of furan rings is 1. The average Bonchev–Trinajstić information content (AvgIpc) is 2.99. The molecule has 0 saturated carbocycles. The van der Waals surface area contributed by atoms with Crippen LogP contribution in [0, 0.1) is 10.1 Å². The van der Waals surface area contributed by atoms with Crippen LogP contribution in [0.5, 0.6) is 0 Å². The fourth-order valence-corrected chi connectivity index (χ4v) is 1.89. The van der Waals surface area contributed by atoms with Crippen LogP contribution in [-0.4, -0.2) is 22.8 Å². The number of hydrogen-bond donors (Lipinski definition) is 0. The molecule has 0 aliphatic heterocycles. The molecule has 0 aliphatic carbocycles. The molecule has 0 radical (unpaired) electrons. The van der Waals surface area contributed by atoms with Crippen molar-refractivity contribution in [3.63, 3.8) is 0 Å². The highest BCUT2D eigenvalue weighted by Gasteiger charge is 2.21. The standard InChI is InChI=1S/C14H14N2O4/c1-10(11-4-3-5-13(8-11)16(18)19)15(2)14(17)12-6-7-20-9-12/h3-10H,1-2H3. The van der Waals surface area contributed by atoms with Crippen molar-refractivity contribution in [3.05, 3.63) is 64.1 Å². The van der Waals surface area contributed by atoms with E-state index in [-0.39, 0.29) is 17.6 Å². The summed E-state index contributed by atoms with van der Waals surface area (Å²) in [4.78, 5) is 24.0. The highest BCUT2D eigenvalue weighted by atomic mass is 16.6. The third kappa shape index (κ3) is 2.69. The molecule has 1 heterocycles. The van der Waals surface area contributed by atoms with Gasteiger partial charge in [-0.25, -0.2) is 0 Å². The van der Waals surface area contributed by atoms with E-state index in [2.05, 4.69) is 0 Å². The smallest absolute Gasteiger partial charge is 0.269 e. The van der Waals surface area contributed by atoms with E-state index in [1.807, 2.05) is 6.92 Å². The van der Waals surface area contributed by atoms with Gasteiger partial charge in [-0.05, 0) is 18.6 Å². The fraction of sp³-hybridized carbons (Fsp3) is 0.214. The van der Waals surface area contributed by atoms with Crippen molar-refractivity contribution in [1.29, 1.82) is 0 Å². The van der Waals surface area contributed by atoms with E-state index in [1.54, 1.807) is 25.2 Å². The van der Waals surface area contributed by atoms with Gasteiger partial charge in [0.15, 0.2) is 0 Å². The number of carbonyl (C=O) groups is 1. The lowest BCUT2D eigenvalue weighted by Gasteiger charge is -2.24. The van der Waals surface area contributed by atoms with Crippen molar-refractivity contribution in [3.8, 4) is 0 Å². The molecule has 2 aromatic rings. The molecule has 1 aromatic heterocycles. The summed E-state index contributed by atoms with van der Waals surface area (Å²) in [5, 5.41) is 10.8. The van der Waals surface area contributed by atoms with Crippen molar-refractivity contribution >= 4 is 11.6 Å². The Morgan fingerprint density at radius 3 is 2.75 bits per heavy atom. The SMILES string of the molecule is CC(c1cccc([N+](=O)[O-])c1)N(C)C(=O)c1ccoc1. The number of hydrogen-bond acceptors (Lipinski definition) is 4. The third-order valence-corrected chi connectivity index (χ3v) is 3.23. The van der Waals surface area contributed by atoms with Crippen LogP contribution >= 0.6 is 0 Å². The van der Waals surface area contributed by atoms with Gasteiger partial charge in [-0.15, -0.1) is 0 Å². The Kier molecular flexibility index (Phi) is 3.84. The molecule has 6 heteroatoms. The number of nitro groups is 1. The first-order valence-electron chi connectivity index (χ1n) is 6.04. The first kappa shape index (κ1) is 13.8. The Morgan fingerprint density at radius 1 is 1.40 bits per heavy atom. The van der Waals surface area contributed by atoms with E-state index in [0.29, 0.717) is 11.1 Å².